The Balaban J connectivity index is 2.75. The van der Waals surface area contributed by atoms with Gasteiger partial charge in [0.15, 0.2) is 0 Å². The second-order valence-electron chi connectivity index (χ2n) is 3.49. The lowest BCUT2D eigenvalue weighted by Crippen LogP contribution is -2.14. The van der Waals surface area contributed by atoms with Crippen LogP contribution in [0.2, 0.25) is 0 Å². The summed E-state index contributed by atoms with van der Waals surface area (Å²) in [5.41, 5.74) is 11.7. The van der Waals surface area contributed by atoms with Crippen LogP contribution in [0.25, 0.3) is 0 Å². The predicted octanol–water partition coefficient (Wildman–Crippen LogP) is 1.97. The number of amides is 1. The number of rotatable bonds is 6. The van der Waals surface area contributed by atoms with Crippen molar-refractivity contribution in [2.75, 3.05) is 13.2 Å². The number of hydrogen-bond donors (Lipinski definition) is 2. The molecule has 0 unspecified atom stereocenters. The molecule has 0 aromatic heterocycles. The van der Waals surface area contributed by atoms with Crippen LogP contribution in [0, 0.1) is 0 Å². The van der Waals surface area contributed by atoms with E-state index in [1.165, 1.54) is 0 Å². The van der Waals surface area contributed by atoms with E-state index in [4.69, 9.17) is 16.2 Å². The molecule has 4 nitrogen and oxygen atoms in total. The second kappa shape index (κ2) is 6.98. The fourth-order valence-electron chi connectivity index (χ4n) is 1.31. The standard InChI is InChI=1S/C11H14Br2N2O2/c12-8-5-7(1-3-14)6-9(13)11(8)17-4-2-10(15)16/h5-6H,1-4,14H2,(H2,15,16). The monoisotopic (exact) mass is 364 g/mol. The van der Waals surface area contributed by atoms with Gasteiger partial charge in [-0.1, -0.05) is 0 Å². The molecule has 4 N–H and O–H groups in total. The van der Waals surface area contributed by atoms with Crippen molar-refractivity contribution in [3.8, 4) is 5.75 Å². The van der Waals surface area contributed by atoms with Gasteiger partial charge < -0.3 is 16.2 Å². The minimum absolute atomic E-state index is 0.198. The Morgan fingerprint density at radius 2 is 1.88 bits per heavy atom. The summed E-state index contributed by atoms with van der Waals surface area (Å²) in [5, 5.41) is 0. The zero-order chi connectivity index (χ0) is 12.8. The number of nitrogens with two attached hydrogens (primary N) is 2. The summed E-state index contributed by atoms with van der Waals surface area (Å²) in [6.07, 6.45) is 1.00. The van der Waals surface area contributed by atoms with E-state index in [2.05, 4.69) is 31.9 Å². The van der Waals surface area contributed by atoms with Crippen molar-refractivity contribution >= 4 is 37.8 Å². The van der Waals surface area contributed by atoms with E-state index in [0.29, 0.717) is 12.3 Å². The summed E-state index contributed by atoms with van der Waals surface area (Å²) in [4.78, 5) is 10.6. The Bertz CT molecular complexity index is 387. The topological polar surface area (TPSA) is 78.3 Å². The van der Waals surface area contributed by atoms with Crippen LogP contribution in [0.15, 0.2) is 21.1 Å². The van der Waals surface area contributed by atoms with Gasteiger partial charge in [0.05, 0.1) is 22.0 Å². The van der Waals surface area contributed by atoms with Crippen LogP contribution >= 0.6 is 31.9 Å². The van der Waals surface area contributed by atoms with Crippen LogP contribution in [0.5, 0.6) is 5.75 Å². The number of primary amides is 1. The van der Waals surface area contributed by atoms with Crippen LogP contribution in [0.1, 0.15) is 12.0 Å². The maximum Gasteiger partial charge on any atom is 0.220 e. The SMILES string of the molecule is NCCc1cc(Br)c(OCCC(N)=O)c(Br)c1. The zero-order valence-electron chi connectivity index (χ0n) is 9.21. The van der Waals surface area contributed by atoms with E-state index in [0.717, 1.165) is 20.9 Å². The average molecular weight is 366 g/mol. The Kier molecular flexibility index (Phi) is 5.94. The Labute approximate surface area is 117 Å². The smallest absolute Gasteiger partial charge is 0.220 e. The fourth-order valence-corrected chi connectivity index (χ4v) is 2.83. The highest BCUT2D eigenvalue weighted by Gasteiger charge is 2.09. The number of hydrogen-bond acceptors (Lipinski definition) is 3. The van der Waals surface area contributed by atoms with Crippen molar-refractivity contribution in [3.05, 3.63) is 26.6 Å². The molecule has 0 aliphatic rings. The van der Waals surface area contributed by atoms with E-state index in [1.807, 2.05) is 12.1 Å². The van der Waals surface area contributed by atoms with Gasteiger partial charge in [-0.25, -0.2) is 0 Å². The molecule has 17 heavy (non-hydrogen) atoms. The summed E-state index contributed by atoms with van der Waals surface area (Å²) < 4.78 is 7.15. The minimum atomic E-state index is -0.378. The van der Waals surface area contributed by atoms with Crippen LogP contribution in [0.3, 0.4) is 0 Å². The Hall–Kier alpha value is -0.590. The second-order valence-corrected chi connectivity index (χ2v) is 5.20. The number of benzene rings is 1. The third-order valence-corrected chi connectivity index (χ3v) is 3.26. The van der Waals surface area contributed by atoms with Gasteiger partial charge >= 0.3 is 0 Å². The summed E-state index contributed by atoms with van der Waals surface area (Å²) in [5.74, 6) is 0.295. The fraction of sp³-hybridized carbons (Fsp3) is 0.364. The summed E-state index contributed by atoms with van der Waals surface area (Å²) in [6, 6.07) is 3.91. The van der Waals surface area contributed by atoms with E-state index in [-0.39, 0.29) is 18.9 Å². The van der Waals surface area contributed by atoms with E-state index in [1.54, 1.807) is 0 Å². The number of carbonyl (C=O) groups is 1. The van der Waals surface area contributed by atoms with Crippen molar-refractivity contribution in [1.29, 1.82) is 0 Å². The van der Waals surface area contributed by atoms with Crippen LogP contribution in [-0.2, 0) is 11.2 Å². The first kappa shape index (κ1) is 14.5. The van der Waals surface area contributed by atoms with Crippen molar-refractivity contribution in [1.82, 2.24) is 0 Å². The highest BCUT2D eigenvalue weighted by Crippen LogP contribution is 2.34. The van der Waals surface area contributed by atoms with Crippen molar-refractivity contribution in [2.24, 2.45) is 11.5 Å². The van der Waals surface area contributed by atoms with Crippen molar-refractivity contribution in [2.45, 2.75) is 12.8 Å². The molecule has 0 heterocycles. The van der Waals surface area contributed by atoms with E-state index in [9.17, 15) is 4.79 Å². The molecule has 94 valence electrons. The number of halogens is 2. The normalized spacial score (nSPS) is 10.3. The summed E-state index contributed by atoms with van der Waals surface area (Å²) >= 11 is 6.85. The maximum atomic E-state index is 10.6. The van der Waals surface area contributed by atoms with Gasteiger partial charge in [0, 0.05) is 0 Å². The molecule has 1 aromatic rings. The predicted molar refractivity (Wildman–Crippen MR) is 73.9 cm³/mol. The molecule has 0 aliphatic heterocycles. The molecule has 1 rings (SSSR count). The molecule has 1 amide bonds. The first-order chi connectivity index (χ1) is 8.04. The van der Waals surface area contributed by atoms with Gasteiger partial charge in [0.1, 0.15) is 5.75 Å². The van der Waals surface area contributed by atoms with E-state index >= 15 is 0 Å². The highest BCUT2D eigenvalue weighted by atomic mass is 79.9. The third kappa shape index (κ3) is 4.65. The van der Waals surface area contributed by atoms with Gasteiger partial charge in [-0.15, -0.1) is 0 Å². The molecule has 0 atom stereocenters. The van der Waals surface area contributed by atoms with Gasteiger partial charge in [-0.2, -0.15) is 0 Å². The van der Waals surface area contributed by atoms with Crippen LogP contribution < -0.4 is 16.2 Å². The lowest BCUT2D eigenvalue weighted by Gasteiger charge is -2.11. The molecule has 0 bridgehead atoms. The highest BCUT2D eigenvalue weighted by molar-refractivity contribution is 9.11. The van der Waals surface area contributed by atoms with Gasteiger partial charge in [-0.05, 0) is 62.5 Å². The first-order valence-electron chi connectivity index (χ1n) is 5.13. The molecule has 0 saturated heterocycles. The van der Waals surface area contributed by atoms with Crippen LogP contribution in [-0.4, -0.2) is 19.1 Å². The molecule has 0 aliphatic carbocycles. The zero-order valence-corrected chi connectivity index (χ0v) is 12.4. The molecule has 0 saturated carbocycles. The van der Waals surface area contributed by atoms with Crippen molar-refractivity contribution in [3.63, 3.8) is 0 Å². The summed E-state index contributed by atoms with van der Waals surface area (Å²) in [7, 11) is 0. The Morgan fingerprint density at radius 1 is 1.29 bits per heavy atom. The summed E-state index contributed by atoms with van der Waals surface area (Å²) in [6.45, 7) is 0.865. The molecule has 1 aromatic carbocycles. The largest absolute Gasteiger partial charge is 0.491 e. The molecule has 6 heteroatoms. The van der Waals surface area contributed by atoms with Gasteiger partial charge in [0.2, 0.25) is 5.91 Å². The van der Waals surface area contributed by atoms with Gasteiger partial charge in [-0.3, -0.25) is 4.79 Å². The maximum absolute atomic E-state index is 10.6. The van der Waals surface area contributed by atoms with Gasteiger partial charge in [0.25, 0.3) is 0 Å². The molecular formula is C11H14Br2N2O2. The number of carbonyl (C=O) groups excluding carboxylic acids is 1. The first-order valence-corrected chi connectivity index (χ1v) is 6.72. The number of ether oxygens (including phenoxy) is 1. The van der Waals surface area contributed by atoms with Crippen molar-refractivity contribution < 1.29 is 9.53 Å². The van der Waals surface area contributed by atoms with E-state index < -0.39 is 0 Å². The Morgan fingerprint density at radius 3 is 2.35 bits per heavy atom. The lowest BCUT2D eigenvalue weighted by atomic mass is 10.1. The molecule has 0 fully saturated rings. The third-order valence-electron chi connectivity index (χ3n) is 2.09. The molecule has 0 spiro atoms. The quantitative estimate of drug-likeness (QED) is 0.808. The van der Waals surface area contributed by atoms with Crippen LogP contribution in [0.4, 0.5) is 0 Å². The lowest BCUT2D eigenvalue weighted by molar-refractivity contribution is -0.118. The molecule has 0 radical (unpaired) electrons. The molecular weight excluding hydrogens is 352 g/mol. The average Bonchev–Trinajstić information content (AvgIpc) is 2.22. The minimum Gasteiger partial charge on any atom is -0.491 e.